The van der Waals surface area contributed by atoms with Crippen molar-refractivity contribution in [3.05, 3.63) is 35.9 Å². The summed E-state index contributed by atoms with van der Waals surface area (Å²) in [6.45, 7) is -0.803. The molecule has 1 atom stereocenters. The number of benzene rings is 1. The monoisotopic (exact) mass is 218 g/mol. The zero-order valence-electron chi connectivity index (χ0n) is 7.44. The lowest BCUT2D eigenvalue weighted by molar-refractivity contribution is 0.314. The van der Waals surface area contributed by atoms with E-state index >= 15 is 0 Å². The summed E-state index contributed by atoms with van der Waals surface area (Å²) < 4.78 is 16.4. The van der Waals surface area contributed by atoms with Crippen LogP contribution in [0.5, 0.6) is 0 Å². The standard InChI is InChI=1S/C9H12ClO2P/c1-2-13(10,11)12-8-9-6-4-3-5-7-9/h3-7H,2,8H2,1H3. The minimum absolute atomic E-state index is 0.315. The Hall–Kier alpha value is -0.300. The zero-order chi connectivity index (χ0) is 9.73. The number of rotatable bonds is 4. The number of hydrogen-bond donors (Lipinski definition) is 0. The van der Waals surface area contributed by atoms with Crippen LogP contribution in [0.15, 0.2) is 30.3 Å². The SMILES string of the molecule is CCP(=O)(Cl)OCc1ccccc1. The highest BCUT2D eigenvalue weighted by Crippen LogP contribution is 2.52. The third-order valence-corrected chi connectivity index (χ3v) is 3.92. The van der Waals surface area contributed by atoms with Gasteiger partial charge in [-0.1, -0.05) is 37.3 Å². The van der Waals surface area contributed by atoms with E-state index in [1.54, 1.807) is 6.92 Å². The van der Waals surface area contributed by atoms with E-state index in [9.17, 15) is 4.57 Å². The normalized spacial score (nSPS) is 15.2. The lowest BCUT2D eigenvalue weighted by atomic mass is 10.2. The van der Waals surface area contributed by atoms with Gasteiger partial charge in [0.15, 0.2) is 0 Å². The van der Waals surface area contributed by atoms with E-state index in [0.29, 0.717) is 12.8 Å². The summed E-state index contributed by atoms with van der Waals surface area (Å²) in [5.41, 5.74) is 0.983. The Labute approximate surface area is 83.1 Å². The van der Waals surface area contributed by atoms with Crippen molar-refractivity contribution in [3.63, 3.8) is 0 Å². The van der Waals surface area contributed by atoms with Crippen molar-refractivity contribution in [2.24, 2.45) is 0 Å². The summed E-state index contributed by atoms with van der Waals surface area (Å²) >= 11 is 5.60. The second-order valence-electron chi connectivity index (χ2n) is 2.67. The van der Waals surface area contributed by atoms with Crippen LogP contribution in [0.3, 0.4) is 0 Å². The largest absolute Gasteiger partial charge is 0.313 e. The summed E-state index contributed by atoms with van der Waals surface area (Å²) in [5.74, 6) is 0. The number of hydrogen-bond acceptors (Lipinski definition) is 2. The Bertz CT molecular complexity index is 300. The van der Waals surface area contributed by atoms with E-state index in [-0.39, 0.29) is 0 Å². The quantitative estimate of drug-likeness (QED) is 0.721. The summed E-state index contributed by atoms with van der Waals surface area (Å²) in [6, 6.07) is 9.55. The third kappa shape index (κ3) is 3.95. The van der Waals surface area contributed by atoms with Gasteiger partial charge in [-0.05, 0) is 16.8 Å². The molecule has 1 rings (SSSR count). The zero-order valence-corrected chi connectivity index (χ0v) is 9.09. The van der Waals surface area contributed by atoms with E-state index in [1.807, 2.05) is 30.3 Å². The molecule has 0 aliphatic rings. The summed E-state index contributed by atoms with van der Waals surface area (Å²) in [6.07, 6.45) is 0.362. The average Bonchev–Trinajstić information content (AvgIpc) is 2.17. The highest BCUT2D eigenvalue weighted by Gasteiger charge is 2.15. The van der Waals surface area contributed by atoms with Crippen molar-refractivity contribution in [2.75, 3.05) is 6.16 Å². The molecular weight excluding hydrogens is 207 g/mol. The molecule has 1 unspecified atom stereocenters. The predicted octanol–water partition coefficient (Wildman–Crippen LogP) is 3.66. The minimum atomic E-state index is -2.87. The molecular formula is C9H12ClO2P. The molecule has 0 spiro atoms. The van der Waals surface area contributed by atoms with Crippen molar-refractivity contribution in [3.8, 4) is 0 Å². The highest BCUT2D eigenvalue weighted by molar-refractivity contribution is 7.85. The Kier molecular flexibility index (Phi) is 3.98. The van der Waals surface area contributed by atoms with Gasteiger partial charge in [-0.15, -0.1) is 0 Å². The average molecular weight is 219 g/mol. The second kappa shape index (κ2) is 4.80. The van der Waals surface area contributed by atoms with Crippen LogP contribution in [-0.2, 0) is 15.7 Å². The maximum absolute atomic E-state index is 11.3. The van der Waals surface area contributed by atoms with E-state index in [2.05, 4.69) is 0 Å². The molecule has 1 aromatic rings. The van der Waals surface area contributed by atoms with Crippen molar-refractivity contribution in [1.29, 1.82) is 0 Å². The molecule has 0 aromatic heterocycles. The first kappa shape index (κ1) is 10.8. The van der Waals surface area contributed by atoms with Gasteiger partial charge < -0.3 is 4.52 Å². The van der Waals surface area contributed by atoms with Crippen LogP contribution < -0.4 is 0 Å². The molecule has 0 saturated heterocycles. The summed E-state index contributed by atoms with van der Waals surface area (Å²) in [5, 5.41) is 0. The van der Waals surface area contributed by atoms with Gasteiger partial charge in [0.2, 0.25) is 0 Å². The maximum atomic E-state index is 11.3. The number of halogens is 1. The van der Waals surface area contributed by atoms with Crippen LogP contribution in [0, 0.1) is 0 Å². The van der Waals surface area contributed by atoms with E-state index in [4.69, 9.17) is 15.8 Å². The Morgan fingerprint density at radius 3 is 2.54 bits per heavy atom. The molecule has 72 valence electrons. The molecule has 0 aliphatic carbocycles. The molecule has 0 fully saturated rings. The molecule has 0 amide bonds. The van der Waals surface area contributed by atoms with Crippen molar-refractivity contribution in [2.45, 2.75) is 13.5 Å². The van der Waals surface area contributed by atoms with E-state index < -0.39 is 6.72 Å². The van der Waals surface area contributed by atoms with Crippen LogP contribution >= 0.6 is 18.0 Å². The van der Waals surface area contributed by atoms with Gasteiger partial charge in [-0.25, -0.2) is 0 Å². The van der Waals surface area contributed by atoms with E-state index in [1.165, 1.54) is 0 Å². The first-order chi connectivity index (χ1) is 6.14. The molecule has 0 N–H and O–H groups in total. The predicted molar refractivity (Wildman–Crippen MR) is 55.2 cm³/mol. The van der Waals surface area contributed by atoms with Crippen molar-refractivity contribution in [1.82, 2.24) is 0 Å². The molecule has 0 heterocycles. The molecule has 0 bridgehead atoms. The van der Waals surface area contributed by atoms with Gasteiger partial charge in [0.25, 0.3) is 6.72 Å². The van der Waals surface area contributed by atoms with Crippen LogP contribution in [0.4, 0.5) is 0 Å². The molecule has 0 saturated carbocycles. The smallest absolute Gasteiger partial charge is 0.290 e. The highest BCUT2D eigenvalue weighted by atomic mass is 35.7. The molecule has 4 heteroatoms. The van der Waals surface area contributed by atoms with Crippen molar-refractivity contribution >= 4 is 18.0 Å². The summed E-state index contributed by atoms with van der Waals surface area (Å²) in [7, 11) is 0. The van der Waals surface area contributed by atoms with Gasteiger partial charge in [-0.2, -0.15) is 0 Å². The van der Waals surface area contributed by atoms with Gasteiger partial charge in [-0.3, -0.25) is 4.57 Å². The maximum Gasteiger partial charge on any atom is 0.290 e. The first-order valence-electron chi connectivity index (χ1n) is 4.11. The van der Waals surface area contributed by atoms with Gasteiger partial charge in [0.1, 0.15) is 0 Å². The topological polar surface area (TPSA) is 26.3 Å². The van der Waals surface area contributed by atoms with Gasteiger partial charge in [0, 0.05) is 6.16 Å². The van der Waals surface area contributed by atoms with Gasteiger partial charge in [0.05, 0.1) is 6.61 Å². The third-order valence-electron chi connectivity index (χ3n) is 1.64. The lowest BCUT2D eigenvalue weighted by Gasteiger charge is -2.08. The fraction of sp³-hybridized carbons (Fsp3) is 0.333. The Morgan fingerprint density at radius 2 is 2.00 bits per heavy atom. The summed E-state index contributed by atoms with van der Waals surface area (Å²) in [4.78, 5) is 0. The van der Waals surface area contributed by atoms with Crippen LogP contribution in [-0.4, -0.2) is 6.16 Å². The fourth-order valence-corrected chi connectivity index (χ4v) is 1.51. The van der Waals surface area contributed by atoms with Crippen LogP contribution in [0.25, 0.3) is 0 Å². The van der Waals surface area contributed by atoms with Gasteiger partial charge >= 0.3 is 0 Å². The first-order valence-corrected chi connectivity index (χ1v) is 6.83. The molecule has 13 heavy (non-hydrogen) atoms. The minimum Gasteiger partial charge on any atom is -0.313 e. The van der Waals surface area contributed by atoms with Crippen LogP contribution in [0.1, 0.15) is 12.5 Å². The second-order valence-corrected chi connectivity index (χ2v) is 6.28. The lowest BCUT2D eigenvalue weighted by Crippen LogP contribution is -1.89. The van der Waals surface area contributed by atoms with E-state index in [0.717, 1.165) is 5.56 Å². The van der Waals surface area contributed by atoms with Crippen LogP contribution in [0.2, 0.25) is 0 Å². The molecule has 2 nitrogen and oxygen atoms in total. The molecule has 1 aromatic carbocycles. The molecule has 0 aliphatic heterocycles. The van der Waals surface area contributed by atoms with Crippen molar-refractivity contribution < 1.29 is 9.09 Å². The Balaban J connectivity index is 2.49. The Morgan fingerprint density at radius 1 is 1.38 bits per heavy atom. The fourth-order valence-electron chi connectivity index (χ4n) is 0.836. The molecule has 0 radical (unpaired) electrons.